The minimum atomic E-state index is -1.20. The van der Waals surface area contributed by atoms with Crippen LogP contribution < -0.4 is 5.73 Å². The van der Waals surface area contributed by atoms with Gasteiger partial charge in [0.15, 0.2) is 0 Å². The van der Waals surface area contributed by atoms with Crippen LogP contribution in [-0.4, -0.2) is 47.4 Å². The Morgan fingerprint density at radius 2 is 1.81 bits per heavy atom. The third kappa shape index (κ3) is 4.72. The van der Waals surface area contributed by atoms with Crippen LogP contribution in [0.5, 0.6) is 0 Å². The lowest BCUT2D eigenvalue weighted by atomic mass is 9.77. The summed E-state index contributed by atoms with van der Waals surface area (Å²) in [6.07, 6.45) is 0. The number of fused-ring (bicyclic) bond motifs is 1. The van der Waals surface area contributed by atoms with E-state index in [0.717, 1.165) is 0 Å². The molecule has 0 unspecified atom stereocenters. The number of aliphatic hydroxyl groups excluding tert-OH is 1. The number of allylic oxidation sites excluding steroid dienone is 2. The van der Waals surface area contributed by atoms with E-state index in [2.05, 4.69) is 0 Å². The molecule has 0 radical (unpaired) electrons. The van der Waals surface area contributed by atoms with Gasteiger partial charge < -0.3 is 29.6 Å². The van der Waals surface area contributed by atoms with Crippen molar-refractivity contribution in [2.75, 3.05) is 25.6 Å². The van der Waals surface area contributed by atoms with Gasteiger partial charge in [-0.2, -0.15) is 5.26 Å². The van der Waals surface area contributed by atoms with Gasteiger partial charge in [0.1, 0.15) is 34.7 Å². The highest BCUT2D eigenvalue weighted by Gasteiger charge is 2.48. The molecule has 0 spiro atoms. The molecule has 0 aromatic carbocycles. The predicted octanol–water partition coefficient (Wildman–Crippen LogP) is 4.09. The number of nitrogens with zero attached hydrogens (tertiary/aromatic N) is 2. The molecule has 0 aliphatic carbocycles. The number of thiophene rings is 1. The largest absolute Gasteiger partial charge is 0.512 e. The Kier molecular flexibility index (Phi) is 8.45. The number of esters is 3. The lowest BCUT2D eigenvalue weighted by molar-refractivity contribution is -0.146. The number of ether oxygens (including phenoxy) is 3. The zero-order valence-corrected chi connectivity index (χ0v) is 22.1. The average Bonchev–Trinajstić information content (AvgIpc) is 3.46. The number of anilines is 1. The van der Waals surface area contributed by atoms with E-state index in [0.29, 0.717) is 10.6 Å². The van der Waals surface area contributed by atoms with E-state index in [1.54, 1.807) is 45.2 Å². The maximum absolute atomic E-state index is 13.6. The summed E-state index contributed by atoms with van der Waals surface area (Å²) < 4.78 is 17.4. The molecule has 196 valence electrons. The third-order valence-corrected chi connectivity index (χ3v) is 6.95. The van der Waals surface area contributed by atoms with Crippen LogP contribution >= 0.6 is 11.3 Å². The summed E-state index contributed by atoms with van der Waals surface area (Å²) in [5.74, 6) is -4.83. The molecule has 0 saturated carbocycles. The van der Waals surface area contributed by atoms with E-state index in [1.165, 1.54) is 22.8 Å². The Balaban J connectivity index is 2.55. The van der Waals surface area contributed by atoms with Gasteiger partial charge in [-0.1, -0.05) is 6.07 Å². The first-order valence-electron chi connectivity index (χ1n) is 11.8. The van der Waals surface area contributed by atoms with Gasteiger partial charge in [-0.25, -0.2) is 9.59 Å². The van der Waals surface area contributed by atoms with Crippen molar-refractivity contribution in [2.45, 2.75) is 46.5 Å². The monoisotopic (exact) mass is 527 g/mol. The van der Waals surface area contributed by atoms with E-state index in [4.69, 9.17) is 19.9 Å². The van der Waals surface area contributed by atoms with Crippen LogP contribution in [-0.2, 0) is 28.6 Å². The highest BCUT2D eigenvalue weighted by atomic mass is 32.1. The first-order valence-corrected chi connectivity index (χ1v) is 12.6. The summed E-state index contributed by atoms with van der Waals surface area (Å²) in [5, 5.41) is 22.5. The number of rotatable bonds is 8. The number of nitriles is 1. The zero-order valence-electron chi connectivity index (χ0n) is 21.3. The van der Waals surface area contributed by atoms with Crippen LogP contribution in [0.15, 0.2) is 28.8 Å². The SMILES string of the molecule is CCOC(=O)C1=C(C)n2c(N)c(C#N)c(/C(C(=O)OCC)=C(\C)O)c2[C@@H](C(=O)OCC)[C@@H]1c1cccs1. The maximum Gasteiger partial charge on any atom is 0.342 e. The Labute approximate surface area is 218 Å². The smallest absolute Gasteiger partial charge is 0.342 e. The first kappa shape index (κ1) is 27.5. The predicted molar refractivity (Wildman–Crippen MR) is 137 cm³/mol. The standard InChI is InChI=1S/C26H29N3O7S/c1-6-34-24(31)17-13(4)29-22(21(26(33)36-8-3)20(17)16-10-9-11-37-16)19(15(12-27)23(29)28)18(14(5)30)25(32)35-7-2/h9-11,20-21,30H,6-8,28H2,1-5H3/b18-14-/t20-,21+/m1/s1. The minimum Gasteiger partial charge on any atom is -0.512 e. The number of carbonyl (C=O) groups is 3. The molecule has 2 aromatic rings. The number of hydrogen-bond acceptors (Lipinski definition) is 10. The molecule has 2 aromatic heterocycles. The number of aromatic nitrogens is 1. The van der Waals surface area contributed by atoms with E-state index in [-0.39, 0.29) is 53.6 Å². The van der Waals surface area contributed by atoms with E-state index < -0.39 is 35.5 Å². The molecule has 3 heterocycles. The fourth-order valence-corrected chi connectivity index (χ4v) is 5.55. The lowest BCUT2D eigenvalue weighted by Gasteiger charge is -2.34. The van der Waals surface area contributed by atoms with Crippen LogP contribution in [0.4, 0.5) is 5.82 Å². The van der Waals surface area contributed by atoms with E-state index in [1.807, 2.05) is 6.07 Å². The van der Waals surface area contributed by atoms with Crippen LogP contribution in [0.2, 0.25) is 0 Å². The summed E-state index contributed by atoms with van der Waals surface area (Å²) in [7, 11) is 0. The number of nitrogen functional groups attached to an aromatic ring is 1. The second kappa shape index (κ2) is 11.3. The molecule has 0 amide bonds. The van der Waals surface area contributed by atoms with Crippen LogP contribution in [0.25, 0.3) is 11.3 Å². The van der Waals surface area contributed by atoms with Crippen molar-refractivity contribution in [2.24, 2.45) is 0 Å². The molecule has 10 nitrogen and oxygen atoms in total. The second-order valence-electron chi connectivity index (χ2n) is 8.09. The number of nitrogens with two attached hydrogens (primary N) is 1. The molecular weight excluding hydrogens is 498 g/mol. The Hall–Kier alpha value is -4.04. The summed E-state index contributed by atoms with van der Waals surface area (Å²) in [6, 6.07) is 5.56. The summed E-state index contributed by atoms with van der Waals surface area (Å²) in [6.45, 7) is 7.96. The van der Waals surface area contributed by atoms with Crippen LogP contribution in [0.3, 0.4) is 0 Å². The van der Waals surface area contributed by atoms with Gasteiger partial charge in [0.05, 0.1) is 25.4 Å². The van der Waals surface area contributed by atoms with E-state index >= 15 is 0 Å². The summed E-state index contributed by atoms with van der Waals surface area (Å²) in [4.78, 5) is 40.6. The molecule has 1 aliphatic rings. The van der Waals surface area contributed by atoms with Gasteiger partial charge in [0.2, 0.25) is 0 Å². The third-order valence-electron chi connectivity index (χ3n) is 6.00. The van der Waals surface area contributed by atoms with Gasteiger partial charge in [-0.3, -0.25) is 4.79 Å². The molecule has 0 bridgehead atoms. The van der Waals surface area contributed by atoms with Gasteiger partial charge in [-0.05, 0) is 46.1 Å². The Bertz CT molecular complexity index is 1320. The highest BCUT2D eigenvalue weighted by molar-refractivity contribution is 7.10. The van der Waals surface area contributed by atoms with Crippen molar-refractivity contribution in [3.05, 3.63) is 50.5 Å². The highest BCUT2D eigenvalue weighted by Crippen LogP contribution is 2.52. The second-order valence-corrected chi connectivity index (χ2v) is 9.07. The molecule has 11 heteroatoms. The topological polar surface area (TPSA) is 154 Å². The molecule has 3 rings (SSSR count). The Morgan fingerprint density at radius 1 is 1.16 bits per heavy atom. The molecule has 0 fully saturated rings. The fraction of sp³-hybridized carbons (Fsp3) is 0.385. The van der Waals surface area contributed by atoms with Crippen molar-refractivity contribution in [3.8, 4) is 6.07 Å². The van der Waals surface area contributed by atoms with Gasteiger partial charge >= 0.3 is 17.9 Å². The lowest BCUT2D eigenvalue weighted by Crippen LogP contribution is -2.34. The average molecular weight is 528 g/mol. The fourth-order valence-electron chi connectivity index (χ4n) is 4.67. The molecule has 1 aliphatic heterocycles. The molecule has 37 heavy (non-hydrogen) atoms. The van der Waals surface area contributed by atoms with Crippen LogP contribution in [0, 0.1) is 11.3 Å². The molecule has 0 saturated heterocycles. The maximum atomic E-state index is 13.6. The summed E-state index contributed by atoms with van der Waals surface area (Å²) in [5.41, 5.74) is 6.59. The van der Waals surface area contributed by atoms with Gasteiger partial charge in [-0.15, -0.1) is 11.3 Å². The number of aliphatic hydroxyl groups is 1. The number of hydrogen-bond donors (Lipinski definition) is 2. The van der Waals surface area contributed by atoms with Crippen molar-refractivity contribution in [1.29, 1.82) is 5.26 Å². The Morgan fingerprint density at radius 3 is 2.32 bits per heavy atom. The molecular formula is C26H29N3O7S. The zero-order chi connectivity index (χ0) is 27.4. The quantitative estimate of drug-likeness (QED) is 0.223. The van der Waals surface area contributed by atoms with E-state index in [9.17, 15) is 24.8 Å². The first-order chi connectivity index (χ1) is 17.7. The van der Waals surface area contributed by atoms with Crippen LogP contribution in [0.1, 0.15) is 68.2 Å². The van der Waals surface area contributed by atoms with Crippen molar-refractivity contribution < 1.29 is 33.7 Å². The van der Waals surface area contributed by atoms with Gasteiger partial charge in [0, 0.05) is 27.7 Å². The van der Waals surface area contributed by atoms with Gasteiger partial charge in [0.25, 0.3) is 0 Å². The van der Waals surface area contributed by atoms with Crippen molar-refractivity contribution in [3.63, 3.8) is 0 Å². The number of carbonyl (C=O) groups excluding carboxylic acids is 3. The van der Waals surface area contributed by atoms with Crippen molar-refractivity contribution >= 4 is 46.3 Å². The molecule has 2 atom stereocenters. The summed E-state index contributed by atoms with van der Waals surface area (Å²) >= 11 is 1.33. The normalized spacial score (nSPS) is 17.4. The minimum absolute atomic E-state index is 0.00802. The molecule has 3 N–H and O–H groups in total. The van der Waals surface area contributed by atoms with Crippen molar-refractivity contribution in [1.82, 2.24) is 4.57 Å².